The predicted molar refractivity (Wildman–Crippen MR) is 139 cm³/mol. The van der Waals surface area contributed by atoms with Crippen molar-refractivity contribution in [1.29, 1.82) is 0 Å². The maximum atomic E-state index is 14.2. The molecule has 3 aliphatic rings. The average Bonchev–Trinajstić information content (AvgIpc) is 3.13. The molecule has 0 aromatic heterocycles. The van der Waals surface area contributed by atoms with Crippen LogP contribution in [0.25, 0.3) is 0 Å². The highest BCUT2D eigenvalue weighted by Crippen LogP contribution is 2.57. The number of aliphatic hydroxyl groups excluding tert-OH is 1. The summed E-state index contributed by atoms with van der Waals surface area (Å²) in [5.74, 6) is -2.92. The monoisotopic (exact) mass is 507 g/mol. The molecule has 4 rings (SSSR count). The molecule has 1 aliphatic heterocycles. The molecule has 7 nitrogen and oxygen atoms in total. The summed E-state index contributed by atoms with van der Waals surface area (Å²) in [5, 5.41) is 25.7. The predicted octanol–water partition coefficient (Wildman–Crippen LogP) is 3.06. The van der Waals surface area contributed by atoms with Crippen LogP contribution in [-0.4, -0.2) is 51.7 Å². The van der Waals surface area contributed by atoms with Crippen LogP contribution in [0.2, 0.25) is 0 Å². The normalized spacial score (nSPS) is 39.6. The summed E-state index contributed by atoms with van der Waals surface area (Å²) in [6.07, 6.45) is 5.17. The number of amides is 1. The molecule has 37 heavy (non-hydrogen) atoms. The van der Waals surface area contributed by atoms with E-state index in [1.807, 2.05) is 44.2 Å². The van der Waals surface area contributed by atoms with Gasteiger partial charge in [-0.2, -0.15) is 0 Å². The third-order valence-corrected chi connectivity index (χ3v) is 8.49. The molecule has 7 heteroatoms. The van der Waals surface area contributed by atoms with Gasteiger partial charge in [0.15, 0.2) is 5.78 Å². The molecule has 1 aromatic carbocycles. The highest BCUT2D eigenvalue weighted by Gasteiger charge is 2.67. The van der Waals surface area contributed by atoms with Gasteiger partial charge in [-0.1, -0.05) is 55.0 Å². The van der Waals surface area contributed by atoms with Crippen molar-refractivity contribution in [2.75, 3.05) is 0 Å². The van der Waals surface area contributed by atoms with Crippen LogP contribution in [0.3, 0.4) is 0 Å². The van der Waals surface area contributed by atoms with Gasteiger partial charge in [0.25, 0.3) is 0 Å². The number of hydrogen-bond acceptors (Lipinski definition) is 6. The van der Waals surface area contributed by atoms with Crippen molar-refractivity contribution < 1.29 is 29.3 Å². The quantitative estimate of drug-likeness (QED) is 0.428. The zero-order valence-electron chi connectivity index (χ0n) is 22.1. The van der Waals surface area contributed by atoms with Gasteiger partial charge in [0.05, 0.1) is 6.10 Å². The topological polar surface area (TPSA) is 113 Å². The second kappa shape index (κ2) is 10.0. The van der Waals surface area contributed by atoms with Crippen molar-refractivity contribution in [1.82, 2.24) is 5.32 Å². The summed E-state index contributed by atoms with van der Waals surface area (Å²) in [5.41, 5.74) is -0.500. The minimum atomic E-state index is -1.82. The van der Waals surface area contributed by atoms with Crippen molar-refractivity contribution in [3.63, 3.8) is 0 Å². The number of hydrogen-bond donors (Lipinski definition) is 3. The standard InChI is InChI=1S/C30H37NO6/c1-17-10-9-13-22-26(33)19(3)18(2)25-23(16-21-11-7-6-8-12-21)31-28(35)30(22,25)24(37-20(4)32)14-15-29(5,36)27(17)34/h6-9,11-15,17,22-26,33,36H,10,16H2,1-5H3,(H,31,35)/b13-9+,15-14+/t17-,22+,23+,24-,25+,26-,29-,30-/m1/s1. The Morgan fingerprint density at radius 3 is 2.46 bits per heavy atom. The Kier molecular flexibility index (Phi) is 7.32. The highest BCUT2D eigenvalue weighted by atomic mass is 16.5. The Morgan fingerprint density at radius 2 is 1.81 bits per heavy atom. The molecule has 1 spiro atoms. The fourth-order valence-corrected chi connectivity index (χ4v) is 6.54. The molecule has 1 fully saturated rings. The van der Waals surface area contributed by atoms with E-state index >= 15 is 0 Å². The summed E-state index contributed by atoms with van der Waals surface area (Å²) in [7, 11) is 0. The summed E-state index contributed by atoms with van der Waals surface area (Å²) >= 11 is 0. The summed E-state index contributed by atoms with van der Waals surface area (Å²) in [6, 6.07) is 9.52. The van der Waals surface area contributed by atoms with Crippen LogP contribution in [-0.2, 0) is 25.5 Å². The number of ketones is 1. The molecule has 0 bridgehead atoms. The van der Waals surface area contributed by atoms with Gasteiger partial charge in [0.2, 0.25) is 5.91 Å². The van der Waals surface area contributed by atoms with E-state index < -0.39 is 46.9 Å². The maximum absolute atomic E-state index is 14.2. The Morgan fingerprint density at radius 1 is 1.14 bits per heavy atom. The van der Waals surface area contributed by atoms with E-state index in [9.17, 15) is 24.6 Å². The lowest BCUT2D eigenvalue weighted by molar-refractivity contribution is -0.161. The van der Waals surface area contributed by atoms with Gasteiger partial charge in [-0.15, -0.1) is 0 Å². The van der Waals surface area contributed by atoms with Gasteiger partial charge in [-0.25, -0.2) is 0 Å². The Balaban J connectivity index is 1.96. The van der Waals surface area contributed by atoms with Gasteiger partial charge in [-0.3, -0.25) is 14.4 Å². The molecule has 0 unspecified atom stereocenters. The number of allylic oxidation sites excluding steroid dienone is 1. The van der Waals surface area contributed by atoms with Gasteiger partial charge >= 0.3 is 5.97 Å². The summed E-state index contributed by atoms with van der Waals surface area (Å²) in [4.78, 5) is 39.5. The number of nitrogens with one attached hydrogen (secondary N) is 1. The lowest BCUT2D eigenvalue weighted by atomic mass is 9.54. The van der Waals surface area contributed by atoms with Crippen molar-refractivity contribution in [2.45, 2.75) is 71.3 Å². The molecule has 2 aliphatic carbocycles. The number of aliphatic hydroxyl groups is 2. The van der Waals surface area contributed by atoms with Gasteiger partial charge in [0.1, 0.15) is 17.1 Å². The van der Waals surface area contributed by atoms with E-state index in [1.165, 1.54) is 26.0 Å². The van der Waals surface area contributed by atoms with Gasteiger partial charge in [-0.05, 0) is 56.9 Å². The largest absolute Gasteiger partial charge is 0.457 e. The number of esters is 1. The number of rotatable bonds is 3. The fourth-order valence-electron chi connectivity index (χ4n) is 6.54. The number of benzene rings is 1. The van der Waals surface area contributed by atoms with Crippen LogP contribution >= 0.6 is 0 Å². The van der Waals surface area contributed by atoms with Crippen LogP contribution in [0.15, 0.2) is 65.8 Å². The lowest BCUT2D eigenvalue weighted by Crippen LogP contribution is -2.58. The smallest absolute Gasteiger partial charge is 0.303 e. The first-order chi connectivity index (χ1) is 17.4. The number of ether oxygens (including phenoxy) is 1. The van der Waals surface area contributed by atoms with Crippen LogP contribution in [0.4, 0.5) is 0 Å². The molecule has 1 aromatic rings. The minimum absolute atomic E-state index is 0.314. The Hall–Kier alpha value is -3.03. The van der Waals surface area contributed by atoms with Crippen molar-refractivity contribution in [3.8, 4) is 0 Å². The number of Topliss-reactive ketones (excluding diaryl/α,β-unsaturated/α-hetero) is 1. The maximum Gasteiger partial charge on any atom is 0.303 e. The molecule has 0 radical (unpaired) electrons. The van der Waals surface area contributed by atoms with Crippen LogP contribution in [0.5, 0.6) is 0 Å². The summed E-state index contributed by atoms with van der Waals surface area (Å²) in [6.45, 7) is 8.20. The molecule has 1 saturated heterocycles. The zero-order valence-corrected chi connectivity index (χ0v) is 22.1. The molecular weight excluding hydrogens is 470 g/mol. The number of carbonyl (C=O) groups excluding carboxylic acids is 3. The van der Waals surface area contributed by atoms with E-state index in [1.54, 1.807) is 19.1 Å². The Labute approximate surface area is 218 Å². The van der Waals surface area contributed by atoms with Gasteiger partial charge < -0.3 is 20.3 Å². The molecule has 8 atom stereocenters. The third kappa shape index (κ3) is 4.59. The van der Waals surface area contributed by atoms with E-state index in [2.05, 4.69) is 5.32 Å². The van der Waals surface area contributed by atoms with Gasteiger partial charge in [0, 0.05) is 30.7 Å². The molecular formula is C30H37NO6. The van der Waals surface area contributed by atoms with Crippen LogP contribution in [0, 0.1) is 23.2 Å². The number of carbonyl (C=O) groups is 3. The van der Waals surface area contributed by atoms with Crippen LogP contribution < -0.4 is 5.32 Å². The molecule has 3 N–H and O–H groups in total. The molecule has 198 valence electrons. The van der Waals surface area contributed by atoms with Crippen molar-refractivity contribution >= 4 is 17.7 Å². The second-order valence-electron chi connectivity index (χ2n) is 11.0. The van der Waals surface area contributed by atoms with E-state index in [-0.39, 0.29) is 17.7 Å². The lowest BCUT2D eigenvalue weighted by Gasteiger charge is -2.49. The van der Waals surface area contributed by atoms with E-state index in [4.69, 9.17) is 4.74 Å². The fraction of sp³-hybridized carbons (Fsp3) is 0.500. The SMILES string of the molecule is CC(=O)O[C@@H]1/C=C/[C@@](C)(O)C(=O)[C@H](C)C/C=C/[C@H]2[C@H](O)C(C)=C(C)[C@H]3[C@H](Cc4ccccc4)NC(=O)[C@@]123. The van der Waals surface area contributed by atoms with E-state index in [0.29, 0.717) is 12.8 Å². The van der Waals surface area contributed by atoms with Crippen molar-refractivity contribution in [2.24, 2.45) is 23.2 Å². The third-order valence-electron chi connectivity index (χ3n) is 8.49. The second-order valence-corrected chi connectivity index (χ2v) is 11.0. The van der Waals surface area contributed by atoms with Crippen molar-refractivity contribution in [3.05, 3.63) is 71.3 Å². The molecule has 1 heterocycles. The average molecular weight is 508 g/mol. The first-order valence-electron chi connectivity index (χ1n) is 12.9. The zero-order chi connectivity index (χ0) is 27.1. The highest BCUT2D eigenvalue weighted by molar-refractivity contribution is 5.91. The molecule has 0 saturated carbocycles. The minimum Gasteiger partial charge on any atom is -0.457 e. The first kappa shape index (κ1) is 27.0. The molecule has 1 amide bonds. The summed E-state index contributed by atoms with van der Waals surface area (Å²) < 4.78 is 5.82. The van der Waals surface area contributed by atoms with Crippen LogP contribution in [0.1, 0.15) is 46.6 Å². The Bertz CT molecular complexity index is 1170. The van der Waals surface area contributed by atoms with E-state index in [0.717, 1.165) is 16.7 Å². The first-order valence-corrected chi connectivity index (χ1v) is 12.9.